The van der Waals surface area contributed by atoms with E-state index in [0.29, 0.717) is 27.4 Å². The molecule has 0 saturated carbocycles. The van der Waals surface area contributed by atoms with E-state index in [9.17, 15) is 10.1 Å². The lowest BCUT2D eigenvalue weighted by molar-refractivity contribution is 0.485. The number of hydrogen-bond donors (Lipinski definition) is 1. The number of nitrogens with zero attached hydrogens (tertiary/aromatic N) is 3. The molecule has 1 saturated heterocycles. The summed E-state index contributed by atoms with van der Waals surface area (Å²) in [7, 11) is 0. The number of halogens is 1. The van der Waals surface area contributed by atoms with Crippen molar-refractivity contribution in [2.75, 3.05) is 23.3 Å². The first-order chi connectivity index (χ1) is 17.9. The molecule has 0 unspecified atom stereocenters. The van der Waals surface area contributed by atoms with E-state index >= 15 is 0 Å². The molecule has 0 spiro atoms. The van der Waals surface area contributed by atoms with Crippen LogP contribution in [0.15, 0.2) is 63.8 Å². The summed E-state index contributed by atoms with van der Waals surface area (Å²) in [4.78, 5) is 20.2. The van der Waals surface area contributed by atoms with Crippen molar-refractivity contribution < 1.29 is 4.42 Å². The van der Waals surface area contributed by atoms with Crippen molar-refractivity contribution in [1.82, 2.24) is 4.98 Å². The van der Waals surface area contributed by atoms with Crippen LogP contribution < -0.4 is 15.6 Å². The van der Waals surface area contributed by atoms with Gasteiger partial charge in [0.1, 0.15) is 16.5 Å². The molecule has 1 aliphatic heterocycles. The van der Waals surface area contributed by atoms with Gasteiger partial charge in [0, 0.05) is 35.7 Å². The number of aromatic nitrogens is 1. The second kappa shape index (κ2) is 10.3. The van der Waals surface area contributed by atoms with E-state index in [0.717, 1.165) is 54.1 Å². The first kappa shape index (κ1) is 24.9. The number of aryl methyl sites for hydroxylation is 1. The highest BCUT2D eigenvalue weighted by Gasteiger charge is 2.24. The highest BCUT2D eigenvalue weighted by atomic mass is 35.5. The third-order valence-electron chi connectivity index (χ3n) is 7.08. The molecular formula is C30H29ClN4O2. The lowest BCUT2D eigenvalue weighted by Gasteiger charge is -2.32. The van der Waals surface area contributed by atoms with Crippen LogP contribution in [0.3, 0.4) is 0 Å². The van der Waals surface area contributed by atoms with Crippen LogP contribution in [0.5, 0.6) is 0 Å². The van der Waals surface area contributed by atoms with Crippen LogP contribution in [-0.4, -0.2) is 18.1 Å². The zero-order valence-electron chi connectivity index (χ0n) is 21.2. The van der Waals surface area contributed by atoms with Gasteiger partial charge in [0.05, 0.1) is 23.2 Å². The lowest BCUT2D eigenvalue weighted by Crippen LogP contribution is -2.34. The average Bonchev–Trinajstić information content (AvgIpc) is 2.92. The Morgan fingerprint density at radius 2 is 1.86 bits per heavy atom. The maximum absolute atomic E-state index is 13.4. The van der Waals surface area contributed by atoms with Crippen molar-refractivity contribution in [2.45, 2.75) is 39.7 Å². The van der Waals surface area contributed by atoms with Crippen molar-refractivity contribution in [1.29, 1.82) is 5.26 Å². The van der Waals surface area contributed by atoms with E-state index in [1.165, 1.54) is 0 Å². The molecule has 1 fully saturated rings. The summed E-state index contributed by atoms with van der Waals surface area (Å²) in [5.74, 6) is 1.44. The molecule has 0 radical (unpaired) electrons. The van der Waals surface area contributed by atoms with Gasteiger partial charge < -0.3 is 14.6 Å². The summed E-state index contributed by atoms with van der Waals surface area (Å²) >= 11 is 6.28. The third-order valence-corrected chi connectivity index (χ3v) is 7.30. The van der Waals surface area contributed by atoms with E-state index in [1.807, 2.05) is 56.3 Å². The van der Waals surface area contributed by atoms with Gasteiger partial charge in [-0.15, -0.1) is 0 Å². The summed E-state index contributed by atoms with van der Waals surface area (Å²) in [6, 6.07) is 19.6. The minimum absolute atomic E-state index is 0.0218. The molecule has 5 rings (SSSR count). The van der Waals surface area contributed by atoms with Crippen molar-refractivity contribution >= 4 is 34.1 Å². The fourth-order valence-corrected chi connectivity index (χ4v) is 5.21. The Hall–Kier alpha value is -3.82. The minimum atomic E-state index is -0.185. The summed E-state index contributed by atoms with van der Waals surface area (Å²) in [6.45, 7) is 7.35. The molecular weight excluding hydrogens is 484 g/mol. The number of pyridine rings is 1. The number of fused-ring (bicyclic) bond motifs is 1. The Balaban J connectivity index is 1.56. The van der Waals surface area contributed by atoms with Gasteiger partial charge in [-0.3, -0.25) is 4.79 Å². The average molecular weight is 513 g/mol. The highest BCUT2D eigenvalue weighted by Crippen LogP contribution is 2.35. The molecule has 37 heavy (non-hydrogen) atoms. The summed E-state index contributed by atoms with van der Waals surface area (Å²) in [6.07, 6.45) is 1.60. The number of hydrogen-bond acceptors (Lipinski definition) is 6. The maximum atomic E-state index is 13.4. The van der Waals surface area contributed by atoms with Gasteiger partial charge in [0.25, 0.3) is 0 Å². The van der Waals surface area contributed by atoms with Crippen LogP contribution in [-0.2, 0) is 0 Å². The van der Waals surface area contributed by atoms with Crippen molar-refractivity contribution in [3.63, 3.8) is 0 Å². The second-order valence-corrected chi connectivity index (χ2v) is 10.1. The van der Waals surface area contributed by atoms with Crippen LogP contribution in [0.2, 0.25) is 5.15 Å². The van der Waals surface area contributed by atoms with E-state index in [4.69, 9.17) is 16.0 Å². The molecule has 1 N–H and O–H groups in total. The minimum Gasteiger partial charge on any atom is -0.455 e. The molecule has 0 amide bonds. The van der Waals surface area contributed by atoms with Gasteiger partial charge in [-0.2, -0.15) is 5.26 Å². The quantitative estimate of drug-likeness (QED) is 0.289. The van der Waals surface area contributed by atoms with Crippen LogP contribution in [0.1, 0.15) is 42.5 Å². The number of nitriles is 1. The monoisotopic (exact) mass is 512 g/mol. The van der Waals surface area contributed by atoms with Crippen LogP contribution in [0.25, 0.3) is 22.3 Å². The number of anilines is 2. The highest BCUT2D eigenvalue weighted by molar-refractivity contribution is 6.29. The lowest BCUT2D eigenvalue weighted by atomic mass is 9.98. The molecule has 1 atom stereocenters. The number of benzene rings is 2. The Bertz CT molecular complexity index is 1550. The van der Waals surface area contributed by atoms with Crippen LogP contribution in [0.4, 0.5) is 11.5 Å². The van der Waals surface area contributed by atoms with Gasteiger partial charge in [-0.1, -0.05) is 48.0 Å². The molecule has 0 bridgehead atoms. The first-order valence-corrected chi connectivity index (χ1v) is 12.9. The zero-order valence-corrected chi connectivity index (χ0v) is 22.0. The van der Waals surface area contributed by atoms with Crippen molar-refractivity contribution in [3.05, 3.63) is 86.7 Å². The van der Waals surface area contributed by atoms with Gasteiger partial charge in [0.2, 0.25) is 0 Å². The van der Waals surface area contributed by atoms with E-state index in [2.05, 4.69) is 34.3 Å². The van der Waals surface area contributed by atoms with E-state index in [-0.39, 0.29) is 17.4 Å². The predicted octanol–water partition coefficient (Wildman–Crippen LogP) is 7.04. The second-order valence-electron chi connectivity index (χ2n) is 9.74. The van der Waals surface area contributed by atoms with Crippen molar-refractivity contribution in [2.24, 2.45) is 5.92 Å². The first-order valence-electron chi connectivity index (χ1n) is 12.6. The fourth-order valence-electron chi connectivity index (χ4n) is 5.06. The molecule has 2 aromatic carbocycles. The molecule has 1 aliphatic rings. The summed E-state index contributed by atoms with van der Waals surface area (Å²) < 4.78 is 6.48. The fraction of sp³-hybridized carbons (Fsp3) is 0.300. The Kier molecular flexibility index (Phi) is 6.90. The smallest absolute Gasteiger partial charge is 0.196 e. The molecule has 188 valence electrons. The maximum Gasteiger partial charge on any atom is 0.196 e. The Morgan fingerprint density at radius 3 is 2.57 bits per heavy atom. The normalized spacial score (nSPS) is 14.9. The molecule has 0 aliphatic carbocycles. The van der Waals surface area contributed by atoms with Gasteiger partial charge in [-0.25, -0.2) is 4.98 Å². The van der Waals surface area contributed by atoms with Crippen molar-refractivity contribution in [3.8, 4) is 17.4 Å². The molecule has 2 aromatic heterocycles. The van der Waals surface area contributed by atoms with E-state index in [1.54, 1.807) is 6.07 Å². The number of rotatable bonds is 5. The third kappa shape index (κ3) is 4.92. The van der Waals surface area contributed by atoms with Crippen LogP contribution >= 0.6 is 11.6 Å². The zero-order chi connectivity index (χ0) is 26.1. The Labute approximate surface area is 221 Å². The molecule has 3 heterocycles. The van der Waals surface area contributed by atoms with Crippen LogP contribution in [0, 0.1) is 31.1 Å². The van der Waals surface area contributed by atoms with Gasteiger partial charge in [-0.05, 0) is 57.4 Å². The summed E-state index contributed by atoms with van der Waals surface area (Å²) in [5.41, 5.74) is 4.76. The Morgan fingerprint density at radius 1 is 1.14 bits per heavy atom. The molecule has 7 heteroatoms. The topological polar surface area (TPSA) is 82.2 Å². The molecule has 4 aromatic rings. The largest absolute Gasteiger partial charge is 0.455 e. The number of nitrogens with one attached hydrogen (secondary N) is 1. The summed E-state index contributed by atoms with van der Waals surface area (Å²) in [5, 5.41) is 13.9. The SMILES string of the molecule is Cc1cc([C@@H](C)Nc2ccc(Cl)nc2N2CCC(C#N)CC2)c2oc(-c3ccccc3)c(C)c(=O)c2c1. The van der Waals surface area contributed by atoms with Gasteiger partial charge in [0.15, 0.2) is 11.2 Å². The van der Waals surface area contributed by atoms with E-state index < -0.39 is 0 Å². The van der Waals surface area contributed by atoms with Gasteiger partial charge >= 0.3 is 0 Å². The molecule has 6 nitrogen and oxygen atoms in total. The standard InChI is InChI=1S/C30H29ClN4O2/c1-18-15-23(29-24(16-18)27(36)19(2)28(37-29)22-7-5-4-6-8-22)20(3)33-25-9-10-26(31)34-30(25)35-13-11-21(17-32)12-14-35/h4-10,15-16,20-21,33H,11-14H2,1-3H3/t20-/m1/s1. The number of piperidine rings is 1. The predicted molar refractivity (Wildman–Crippen MR) is 149 cm³/mol.